The Morgan fingerprint density at radius 3 is 2.64 bits per heavy atom. The van der Waals surface area contributed by atoms with Crippen LogP contribution in [0.4, 0.5) is 11.5 Å². The molecule has 2 aromatic carbocycles. The van der Waals surface area contributed by atoms with Crippen LogP contribution in [0.3, 0.4) is 0 Å². The molecule has 0 saturated carbocycles. The summed E-state index contributed by atoms with van der Waals surface area (Å²) in [7, 11) is 0. The fourth-order valence-corrected chi connectivity index (χ4v) is 2.75. The first-order chi connectivity index (χ1) is 12.1. The van der Waals surface area contributed by atoms with Gasteiger partial charge in [0.1, 0.15) is 11.9 Å². The molecule has 25 heavy (non-hydrogen) atoms. The Morgan fingerprint density at radius 2 is 1.92 bits per heavy atom. The number of benzene rings is 2. The summed E-state index contributed by atoms with van der Waals surface area (Å²) in [5, 5.41) is 12.5. The van der Waals surface area contributed by atoms with Crippen molar-refractivity contribution >= 4 is 28.9 Å². The number of hydrogen-bond acceptors (Lipinski definition) is 4. The van der Waals surface area contributed by atoms with Crippen LogP contribution >= 0.6 is 11.6 Å². The maximum Gasteiger partial charge on any atom is 0.194 e. The Balaban J connectivity index is 1.90. The van der Waals surface area contributed by atoms with Gasteiger partial charge < -0.3 is 5.32 Å². The third kappa shape index (κ3) is 3.52. The van der Waals surface area contributed by atoms with Crippen LogP contribution in [0.2, 0.25) is 5.02 Å². The van der Waals surface area contributed by atoms with Crippen molar-refractivity contribution in [3.63, 3.8) is 0 Å². The number of carbonyl (C=O) groups excluding carboxylic acids is 1. The minimum atomic E-state index is -0.120. The van der Waals surface area contributed by atoms with Crippen molar-refractivity contribution in [3.8, 4) is 6.07 Å². The summed E-state index contributed by atoms with van der Waals surface area (Å²) in [6.07, 6.45) is 1.60. The summed E-state index contributed by atoms with van der Waals surface area (Å²) in [5.74, 6) is 0.323. The topological polar surface area (TPSA) is 65.8 Å². The highest BCUT2D eigenvalue weighted by molar-refractivity contribution is 6.35. The van der Waals surface area contributed by atoms with Crippen molar-refractivity contribution < 1.29 is 4.79 Å². The zero-order valence-corrected chi connectivity index (χ0v) is 14.2. The molecule has 0 aliphatic carbocycles. The molecule has 1 aromatic heterocycles. The number of halogens is 1. The zero-order valence-electron chi connectivity index (χ0n) is 13.5. The standard InChI is InChI=1S/C20H14ClN3O/c1-13-5-2-3-7-16(13)19(25)17-9-8-15(11-18(17)21)24-20-14(12-22)6-4-10-23-20/h2-11H,1H3,(H,23,24). The lowest BCUT2D eigenvalue weighted by Gasteiger charge is -2.10. The minimum Gasteiger partial charge on any atom is -0.339 e. The first-order valence-electron chi connectivity index (χ1n) is 7.62. The molecule has 3 rings (SSSR count). The Labute approximate surface area is 150 Å². The average Bonchev–Trinajstić information content (AvgIpc) is 2.62. The van der Waals surface area contributed by atoms with Gasteiger partial charge in [-0.25, -0.2) is 4.98 Å². The SMILES string of the molecule is Cc1ccccc1C(=O)c1ccc(Nc2ncccc2C#N)cc1Cl. The van der Waals surface area contributed by atoms with Gasteiger partial charge in [-0.2, -0.15) is 5.26 Å². The number of ketones is 1. The second-order valence-corrected chi connectivity index (χ2v) is 5.88. The van der Waals surface area contributed by atoms with Crippen LogP contribution in [-0.2, 0) is 0 Å². The lowest BCUT2D eigenvalue weighted by Crippen LogP contribution is -2.05. The van der Waals surface area contributed by atoms with E-state index in [4.69, 9.17) is 16.9 Å². The molecule has 0 spiro atoms. The van der Waals surface area contributed by atoms with E-state index in [1.165, 1.54) is 0 Å². The zero-order chi connectivity index (χ0) is 17.8. The van der Waals surface area contributed by atoms with Gasteiger partial charge in [-0.1, -0.05) is 35.9 Å². The van der Waals surface area contributed by atoms with Crippen LogP contribution in [0, 0.1) is 18.3 Å². The van der Waals surface area contributed by atoms with E-state index in [0.29, 0.717) is 33.2 Å². The number of carbonyl (C=O) groups is 1. The number of rotatable bonds is 4. The molecule has 0 saturated heterocycles. The van der Waals surface area contributed by atoms with E-state index in [9.17, 15) is 4.79 Å². The van der Waals surface area contributed by atoms with Gasteiger partial charge in [-0.15, -0.1) is 0 Å². The quantitative estimate of drug-likeness (QED) is 0.682. The first kappa shape index (κ1) is 16.7. The molecule has 0 amide bonds. The number of pyridine rings is 1. The van der Waals surface area contributed by atoms with Crippen molar-refractivity contribution in [1.29, 1.82) is 5.26 Å². The molecule has 0 aliphatic rings. The van der Waals surface area contributed by atoms with E-state index in [-0.39, 0.29) is 5.78 Å². The molecule has 1 heterocycles. The predicted octanol–water partition coefficient (Wildman–Crippen LogP) is 4.89. The largest absolute Gasteiger partial charge is 0.339 e. The summed E-state index contributed by atoms with van der Waals surface area (Å²) in [5.41, 5.74) is 3.04. The molecule has 5 heteroatoms. The smallest absolute Gasteiger partial charge is 0.194 e. The molecule has 0 fully saturated rings. The third-order valence-electron chi connectivity index (χ3n) is 3.79. The van der Waals surface area contributed by atoms with Crippen LogP contribution in [-0.4, -0.2) is 10.8 Å². The second kappa shape index (κ2) is 7.16. The maximum absolute atomic E-state index is 12.7. The van der Waals surface area contributed by atoms with Gasteiger partial charge in [0.25, 0.3) is 0 Å². The van der Waals surface area contributed by atoms with Gasteiger partial charge in [0.05, 0.1) is 10.6 Å². The predicted molar refractivity (Wildman–Crippen MR) is 98.3 cm³/mol. The van der Waals surface area contributed by atoms with Gasteiger partial charge in [0.2, 0.25) is 0 Å². The summed E-state index contributed by atoms with van der Waals surface area (Å²) in [4.78, 5) is 16.8. The van der Waals surface area contributed by atoms with E-state index in [0.717, 1.165) is 5.56 Å². The summed E-state index contributed by atoms with van der Waals surface area (Å²) in [6.45, 7) is 1.89. The fourth-order valence-electron chi connectivity index (χ4n) is 2.48. The third-order valence-corrected chi connectivity index (χ3v) is 4.11. The second-order valence-electron chi connectivity index (χ2n) is 5.48. The van der Waals surface area contributed by atoms with Gasteiger partial charge in [0.15, 0.2) is 5.78 Å². The van der Waals surface area contributed by atoms with Gasteiger partial charge >= 0.3 is 0 Å². The molecule has 0 unspecified atom stereocenters. The summed E-state index contributed by atoms with van der Waals surface area (Å²) >= 11 is 6.32. The summed E-state index contributed by atoms with van der Waals surface area (Å²) < 4.78 is 0. The van der Waals surface area contributed by atoms with E-state index < -0.39 is 0 Å². The van der Waals surface area contributed by atoms with Gasteiger partial charge in [0, 0.05) is 23.0 Å². The molecular weight excluding hydrogens is 334 g/mol. The van der Waals surface area contributed by atoms with Crippen LogP contribution in [0.1, 0.15) is 27.0 Å². The molecule has 0 aliphatic heterocycles. The molecule has 0 radical (unpaired) electrons. The number of nitrogens with one attached hydrogen (secondary N) is 1. The maximum atomic E-state index is 12.7. The molecule has 0 atom stereocenters. The van der Waals surface area contributed by atoms with E-state index >= 15 is 0 Å². The van der Waals surface area contributed by atoms with E-state index in [2.05, 4.69) is 16.4 Å². The molecule has 0 bridgehead atoms. The number of aryl methyl sites for hydroxylation is 1. The number of anilines is 2. The lowest BCUT2D eigenvalue weighted by molar-refractivity contribution is 0.103. The molecule has 1 N–H and O–H groups in total. The Morgan fingerprint density at radius 1 is 1.12 bits per heavy atom. The number of nitrogens with zero attached hydrogens (tertiary/aromatic N) is 2. The highest BCUT2D eigenvalue weighted by Crippen LogP contribution is 2.26. The number of nitriles is 1. The van der Waals surface area contributed by atoms with Crippen LogP contribution in [0.15, 0.2) is 60.8 Å². The molecule has 4 nitrogen and oxygen atoms in total. The van der Waals surface area contributed by atoms with Crippen molar-refractivity contribution in [2.45, 2.75) is 6.92 Å². The Hall–Kier alpha value is -3.16. The highest BCUT2D eigenvalue weighted by atomic mass is 35.5. The van der Waals surface area contributed by atoms with Gasteiger partial charge in [-0.05, 0) is 42.8 Å². The van der Waals surface area contributed by atoms with Crippen molar-refractivity contribution in [1.82, 2.24) is 4.98 Å². The van der Waals surface area contributed by atoms with Crippen molar-refractivity contribution in [3.05, 3.63) is 88.1 Å². The van der Waals surface area contributed by atoms with E-state index in [1.54, 1.807) is 42.6 Å². The first-order valence-corrected chi connectivity index (χ1v) is 8.00. The van der Waals surface area contributed by atoms with Gasteiger partial charge in [-0.3, -0.25) is 4.79 Å². The average molecular weight is 348 g/mol. The monoisotopic (exact) mass is 347 g/mol. The number of aromatic nitrogens is 1. The Bertz CT molecular complexity index is 992. The van der Waals surface area contributed by atoms with Crippen LogP contribution in [0.5, 0.6) is 0 Å². The molecule has 3 aromatic rings. The van der Waals surface area contributed by atoms with Crippen LogP contribution in [0.25, 0.3) is 0 Å². The van der Waals surface area contributed by atoms with E-state index in [1.807, 2.05) is 25.1 Å². The Kier molecular flexibility index (Phi) is 4.78. The van der Waals surface area contributed by atoms with Crippen molar-refractivity contribution in [2.24, 2.45) is 0 Å². The lowest BCUT2D eigenvalue weighted by atomic mass is 9.99. The molecule has 122 valence electrons. The van der Waals surface area contributed by atoms with Crippen molar-refractivity contribution in [2.75, 3.05) is 5.32 Å². The number of hydrogen-bond donors (Lipinski definition) is 1. The highest BCUT2D eigenvalue weighted by Gasteiger charge is 2.15. The fraction of sp³-hybridized carbons (Fsp3) is 0.0500. The summed E-state index contributed by atoms with van der Waals surface area (Å²) in [6, 6.07) is 17.9. The van der Waals surface area contributed by atoms with Crippen LogP contribution < -0.4 is 5.32 Å². The molecular formula is C20H14ClN3O. The normalized spacial score (nSPS) is 10.1. The minimum absolute atomic E-state index is 0.120.